The number of pyridine rings is 1. The van der Waals surface area contributed by atoms with Crippen LogP contribution in [-0.4, -0.2) is 4.98 Å². The van der Waals surface area contributed by atoms with E-state index in [1.165, 1.54) is 18.3 Å². The van der Waals surface area contributed by atoms with E-state index >= 15 is 0 Å². The summed E-state index contributed by atoms with van der Waals surface area (Å²) in [5.74, 6) is 0. The van der Waals surface area contributed by atoms with Crippen LogP contribution >= 0.6 is 11.6 Å². The van der Waals surface area contributed by atoms with Crippen LogP contribution in [0.3, 0.4) is 0 Å². The Hall–Kier alpha value is -1.06. The van der Waals surface area contributed by atoms with Gasteiger partial charge in [-0.1, -0.05) is 17.7 Å². The van der Waals surface area contributed by atoms with Gasteiger partial charge in [0.15, 0.2) is 0 Å². The Balaban J connectivity index is 3.22. The fourth-order valence-electron chi connectivity index (χ4n) is 0.848. The van der Waals surface area contributed by atoms with Gasteiger partial charge in [0.25, 0.3) is 5.56 Å². The average Bonchev–Trinajstić information content (AvgIpc) is 2.08. The predicted octanol–water partition coefficient (Wildman–Crippen LogP) is 1.21. The van der Waals surface area contributed by atoms with Gasteiger partial charge in [-0.2, -0.15) is 0 Å². The van der Waals surface area contributed by atoms with Crippen molar-refractivity contribution < 1.29 is 0 Å². The minimum atomic E-state index is -0.465. The minimum Gasteiger partial charge on any atom is -0.327 e. The van der Waals surface area contributed by atoms with E-state index in [2.05, 4.69) is 11.6 Å². The summed E-state index contributed by atoms with van der Waals surface area (Å²) in [6.07, 6.45) is 2.91. The maximum absolute atomic E-state index is 11.1. The monoisotopic (exact) mass is 184 g/mol. The molecule has 1 aromatic heterocycles. The van der Waals surface area contributed by atoms with Gasteiger partial charge in [-0.25, -0.2) is 0 Å². The fourth-order valence-corrected chi connectivity index (χ4v) is 1.02. The van der Waals surface area contributed by atoms with Gasteiger partial charge in [0.05, 0.1) is 11.1 Å². The maximum atomic E-state index is 11.1. The highest BCUT2D eigenvalue weighted by Gasteiger charge is 2.06. The molecule has 1 unspecified atom stereocenters. The topological polar surface area (TPSA) is 58.9 Å². The van der Waals surface area contributed by atoms with Crippen LogP contribution in [0.2, 0.25) is 5.02 Å². The Kier molecular flexibility index (Phi) is 2.68. The lowest BCUT2D eigenvalue weighted by atomic mass is 10.1. The highest BCUT2D eigenvalue weighted by Crippen LogP contribution is 2.10. The first-order chi connectivity index (χ1) is 5.65. The second-order valence-electron chi connectivity index (χ2n) is 2.36. The lowest BCUT2D eigenvalue weighted by Gasteiger charge is -2.04. The number of hydrogen-bond donors (Lipinski definition) is 2. The van der Waals surface area contributed by atoms with Gasteiger partial charge >= 0.3 is 0 Å². The molecule has 0 fully saturated rings. The molecule has 0 aromatic carbocycles. The van der Waals surface area contributed by atoms with Crippen LogP contribution in [0.1, 0.15) is 11.6 Å². The molecule has 0 aliphatic heterocycles. The summed E-state index contributed by atoms with van der Waals surface area (Å²) in [5.41, 5.74) is 5.77. The number of nitrogens with two attached hydrogens (primary N) is 1. The number of aromatic amines is 1. The van der Waals surface area contributed by atoms with Crippen molar-refractivity contribution in [2.45, 2.75) is 6.04 Å². The summed E-state index contributed by atoms with van der Waals surface area (Å²) >= 11 is 5.66. The predicted molar refractivity (Wildman–Crippen MR) is 49.2 cm³/mol. The Bertz CT molecular complexity index is 345. The third kappa shape index (κ3) is 1.75. The zero-order valence-electron chi connectivity index (χ0n) is 6.38. The van der Waals surface area contributed by atoms with E-state index in [4.69, 9.17) is 17.3 Å². The molecule has 0 spiro atoms. The first-order valence-electron chi connectivity index (χ1n) is 3.41. The highest BCUT2D eigenvalue weighted by molar-refractivity contribution is 6.30. The van der Waals surface area contributed by atoms with E-state index in [1.807, 2.05) is 0 Å². The Morgan fingerprint density at radius 1 is 1.75 bits per heavy atom. The second-order valence-corrected chi connectivity index (χ2v) is 2.80. The van der Waals surface area contributed by atoms with Crippen molar-refractivity contribution in [3.05, 3.63) is 45.9 Å². The Morgan fingerprint density at radius 3 is 3.00 bits per heavy atom. The smallest absolute Gasteiger partial charge is 0.253 e. The molecule has 0 amide bonds. The number of halogens is 1. The lowest BCUT2D eigenvalue weighted by Crippen LogP contribution is -2.19. The van der Waals surface area contributed by atoms with E-state index in [0.29, 0.717) is 10.6 Å². The van der Waals surface area contributed by atoms with Crippen molar-refractivity contribution in [1.82, 2.24) is 4.98 Å². The van der Waals surface area contributed by atoms with Gasteiger partial charge in [0.2, 0.25) is 0 Å². The van der Waals surface area contributed by atoms with Gasteiger partial charge in [0.1, 0.15) is 0 Å². The fraction of sp³-hybridized carbons (Fsp3) is 0.125. The van der Waals surface area contributed by atoms with Crippen molar-refractivity contribution >= 4 is 11.6 Å². The third-order valence-corrected chi connectivity index (χ3v) is 1.73. The summed E-state index contributed by atoms with van der Waals surface area (Å²) in [6, 6.07) is 1.07. The molecule has 0 aliphatic rings. The summed E-state index contributed by atoms with van der Waals surface area (Å²) in [4.78, 5) is 13.6. The zero-order valence-corrected chi connectivity index (χ0v) is 7.14. The molecule has 3 N–H and O–H groups in total. The van der Waals surface area contributed by atoms with E-state index in [-0.39, 0.29) is 5.56 Å². The molecule has 4 heteroatoms. The maximum Gasteiger partial charge on any atom is 0.253 e. The molecule has 1 rings (SSSR count). The molecule has 0 aliphatic carbocycles. The number of hydrogen-bond acceptors (Lipinski definition) is 2. The summed E-state index contributed by atoms with van der Waals surface area (Å²) < 4.78 is 0. The molecule has 64 valence electrons. The number of H-pyrrole nitrogens is 1. The van der Waals surface area contributed by atoms with Crippen LogP contribution in [0.25, 0.3) is 0 Å². The molecule has 0 saturated carbocycles. The second kappa shape index (κ2) is 3.56. The van der Waals surface area contributed by atoms with E-state index < -0.39 is 6.04 Å². The third-order valence-electron chi connectivity index (χ3n) is 1.51. The van der Waals surface area contributed by atoms with Crippen molar-refractivity contribution in [3.8, 4) is 0 Å². The number of rotatable bonds is 2. The molecular formula is C8H9ClN2O. The van der Waals surface area contributed by atoms with Gasteiger partial charge in [0, 0.05) is 11.8 Å². The summed E-state index contributed by atoms with van der Waals surface area (Å²) in [6.45, 7) is 3.49. The van der Waals surface area contributed by atoms with Gasteiger partial charge in [-0.3, -0.25) is 4.79 Å². The Labute approximate surface area is 74.9 Å². The molecule has 0 bridgehead atoms. The molecule has 1 aromatic rings. The van der Waals surface area contributed by atoms with Crippen LogP contribution in [0.4, 0.5) is 0 Å². The first kappa shape index (κ1) is 9.03. The molecule has 1 atom stereocenters. The number of aromatic nitrogens is 1. The average molecular weight is 185 g/mol. The van der Waals surface area contributed by atoms with Crippen molar-refractivity contribution in [1.29, 1.82) is 0 Å². The standard InChI is InChI=1S/C8H9ClN2O/c1-2-7(10)6-3-5(9)4-11-8(6)12/h2-4,7H,1,10H2,(H,11,12). The van der Waals surface area contributed by atoms with Crippen LogP contribution < -0.4 is 11.3 Å². The summed E-state index contributed by atoms with van der Waals surface area (Å²) in [7, 11) is 0. The van der Waals surface area contributed by atoms with Gasteiger partial charge in [-0.05, 0) is 6.07 Å². The molecular weight excluding hydrogens is 176 g/mol. The highest BCUT2D eigenvalue weighted by atomic mass is 35.5. The molecule has 12 heavy (non-hydrogen) atoms. The minimum absolute atomic E-state index is 0.230. The quantitative estimate of drug-likeness (QED) is 0.679. The molecule has 1 heterocycles. The SMILES string of the molecule is C=CC(N)c1cc(Cl)c[nH]c1=O. The lowest BCUT2D eigenvalue weighted by molar-refractivity contribution is 0.887. The largest absolute Gasteiger partial charge is 0.327 e. The molecule has 0 saturated heterocycles. The van der Waals surface area contributed by atoms with E-state index in [1.54, 1.807) is 0 Å². The number of nitrogens with one attached hydrogen (secondary N) is 1. The van der Waals surface area contributed by atoms with Crippen LogP contribution in [0.15, 0.2) is 29.7 Å². The van der Waals surface area contributed by atoms with Crippen molar-refractivity contribution in [2.24, 2.45) is 5.73 Å². The van der Waals surface area contributed by atoms with Crippen molar-refractivity contribution in [2.75, 3.05) is 0 Å². The van der Waals surface area contributed by atoms with Crippen molar-refractivity contribution in [3.63, 3.8) is 0 Å². The van der Waals surface area contributed by atoms with Crippen LogP contribution in [-0.2, 0) is 0 Å². The van der Waals surface area contributed by atoms with Gasteiger partial charge < -0.3 is 10.7 Å². The van der Waals surface area contributed by atoms with Crippen LogP contribution in [0.5, 0.6) is 0 Å². The normalized spacial score (nSPS) is 12.5. The molecule has 3 nitrogen and oxygen atoms in total. The van der Waals surface area contributed by atoms with E-state index in [9.17, 15) is 4.79 Å². The summed E-state index contributed by atoms with van der Waals surface area (Å²) in [5, 5.41) is 0.460. The molecule has 0 radical (unpaired) electrons. The first-order valence-corrected chi connectivity index (χ1v) is 3.79. The zero-order chi connectivity index (χ0) is 9.14. The van der Waals surface area contributed by atoms with Gasteiger partial charge in [-0.15, -0.1) is 6.58 Å². The van der Waals surface area contributed by atoms with E-state index in [0.717, 1.165) is 0 Å². The Morgan fingerprint density at radius 2 is 2.42 bits per heavy atom. The van der Waals surface area contributed by atoms with Crippen LogP contribution in [0, 0.1) is 0 Å².